The summed E-state index contributed by atoms with van der Waals surface area (Å²) < 4.78 is 5.64. The summed E-state index contributed by atoms with van der Waals surface area (Å²) in [6.07, 6.45) is 0. The van der Waals surface area contributed by atoms with E-state index in [4.69, 9.17) is 4.74 Å². The first-order chi connectivity index (χ1) is 11.5. The Labute approximate surface area is 144 Å². The van der Waals surface area contributed by atoms with Crippen LogP contribution in [-0.2, 0) is 0 Å². The Hall–Kier alpha value is -2.49. The van der Waals surface area contributed by atoms with Crippen molar-refractivity contribution in [3.63, 3.8) is 0 Å². The number of anilines is 1. The molecule has 2 aromatic carbocycles. The molecule has 0 unspecified atom stereocenters. The van der Waals surface area contributed by atoms with Crippen LogP contribution in [0.25, 0.3) is 0 Å². The van der Waals surface area contributed by atoms with E-state index in [1.807, 2.05) is 49.4 Å². The van der Waals surface area contributed by atoms with Gasteiger partial charge < -0.3 is 15.0 Å². The van der Waals surface area contributed by atoms with Crippen LogP contribution in [0.1, 0.15) is 30.9 Å². The Kier molecular flexibility index (Phi) is 6.24. The van der Waals surface area contributed by atoms with Gasteiger partial charge in [0.25, 0.3) is 0 Å². The van der Waals surface area contributed by atoms with Crippen molar-refractivity contribution >= 4 is 11.7 Å². The van der Waals surface area contributed by atoms with Gasteiger partial charge in [-0.15, -0.1) is 0 Å². The molecule has 2 amide bonds. The molecule has 0 saturated carbocycles. The van der Waals surface area contributed by atoms with Gasteiger partial charge >= 0.3 is 6.03 Å². The predicted molar refractivity (Wildman–Crippen MR) is 98.9 cm³/mol. The van der Waals surface area contributed by atoms with E-state index >= 15 is 0 Å². The Balaban J connectivity index is 1.92. The number of likely N-dealkylation sites (N-methyl/N-ethyl adjacent to an activating group) is 1. The van der Waals surface area contributed by atoms with Gasteiger partial charge in [-0.2, -0.15) is 0 Å². The first kappa shape index (κ1) is 17.9. The van der Waals surface area contributed by atoms with E-state index < -0.39 is 0 Å². The maximum absolute atomic E-state index is 12.4. The molecule has 0 saturated heterocycles. The summed E-state index contributed by atoms with van der Waals surface area (Å²) in [5.41, 5.74) is 3.13. The van der Waals surface area contributed by atoms with Crippen molar-refractivity contribution in [1.29, 1.82) is 0 Å². The Morgan fingerprint density at radius 2 is 1.83 bits per heavy atom. The molecule has 1 N–H and O–H groups in total. The van der Waals surface area contributed by atoms with Gasteiger partial charge in [0.1, 0.15) is 12.4 Å². The summed E-state index contributed by atoms with van der Waals surface area (Å²) in [7, 11) is 1.77. The summed E-state index contributed by atoms with van der Waals surface area (Å²) in [6, 6.07) is 15.6. The Bertz CT molecular complexity index is 669. The summed E-state index contributed by atoms with van der Waals surface area (Å²) in [4.78, 5) is 14.1. The molecular formula is C20H26N2O2. The van der Waals surface area contributed by atoms with Gasteiger partial charge in [-0.05, 0) is 36.1 Å². The van der Waals surface area contributed by atoms with Crippen LogP contribution in [0.15, 0.2) is 48.5 Å². The fraction of sp³-hybridized carbons (Fsp3) is 0.350. The lowest BCUT2D eigenvalue weighted by Gasteiger charge is -2.21. The van der Waals surface area contributed by atoms with Crippen LogP contribution in [0.3, 0.4) is 0 Å². The highest BCUT2D eigenvalue weighted by atomic mass is 16.5. The molecule has 0 bridgehead atoms. The number of nitrogens with zero attached hydrogens (tertiary/aromatic N) is 1. The largest absolute Gasteiger partial charge is 0.492 e. The Morgan fingerprint density at radius 3 is 2.50 bits per heavy atom. The molecule has 0 spiro atoms. The number of aryl methyl sites for hydroxylation is 1. The van der Waals surface area contributed by atoms with Crippen molar-refractivity contribution in [3.8, 4) is 5.75 Å². The molecule has 4 heteroatoms. The topological polar surface area (TPSA) is 41.6 Å². The highest BCUT2D eigenvalue weighted by Gasteiger charge is 2.14. The van der Waals surface area contributed by atoms with Gasteiger partial charge in [0.2, 0.25) is 0 Å². The van der Waals surface area contributed by atoms with Crippen molar-refractivity contribution in [1.82, 2.24) is 4.90 Å². The number of hydrogen-bond donors (Lipinski definition) is 1. The van der Waals surface area contributed by atoms with Crippen molar-refractivity contribution in [2.24, 2.45) is 0 Å². The van der Waals surface area contributed by atoms with Crippen molar-refractivity contribution in [2.45, 2.75) is 26.7 Å². The minimum atomic E-state index is -0.122. The smallest absolute Gasteiger partial charge is 0.321 e. The van der Waals surface area contributed by atoms with Crippen LogP contribution in [-0.4, -0.2) is 31.1 Å². The second-order valence-corrected chi connectivity index (χ2v) is 6.21. The van der Waals surface area contributed by atoms with E-state index in [9.17, 15) is 4.79 Å². The number of rotatable bonds is 6. The van der Waals surface area contributed by atoms with Crippen LogP contribution >= 0.6 is 0 Å². The van der Waals surface area contributed by atoms with Gasteiger partial charge in [-0.25, -0.2) is 4.79 Å². The lowest BCUT2D eigenvalue weighted by molar-refractivity contribution is 0.207. The van der Waals surface area contributed by atoms with E-state index in [1.54, 1.807) is 11.9 Å². The number of ether oxygens (including phenoxy) is 1. The molecule has 24 heavy (non-hydrogen) atoms. The third-order valence-corrected chi connectivity index (χ3v) is 3.94. The Morgan fingerprint density at radius 1 is 1.12 bits per heavy atom. The molecule has 0 aliphatic carbocycles. The standard InChI is InChI=1S/C20H26N2O2/c1-15(2)18-12-8-9-16(3)19(18)21-20(23)22(4)13-14-24-17-10-6-5-7-11-17/h5-12,15H,13-14H2,1-4H3,(H,21,23). The molecule has 0 radical (unpaired) electrons. The molecule has 0 fully saturated rings. The maximum atomic E-state index is 12.4. The number of amides is 2. The minimum absolute atomic E-state index is 0.122. The first-order valence-electron chi connectivity index (χ1n) is 8.28. The molecule has 0 atom stereocenters. The monoisotopic (exact) mass is 326 g/mol. The highest BCUT2D eigenvalue weighted by molar-refractivity contribution is 5.91. The fourth-order valence-electron chi connectivity index (χ4n) is 2.46. The molecule has 0 aliphatic rings. The second-order valence-electron chi connectivity index (χ2n) is 6.21. The van der Waals surface area contributed by atoms with Gasteiger partial charge in [-0.3, -0.25) is 0 Å². The van der Waals surface area contributed by atoms with Crippen LogP contribution < -0.4 is 10.1 Å². The van der Waals surface area contributed by atoms with Crippen LogP contribution in [0.4, 0.5) is 10.5 Å². The minimum Gasteiger partial charge on any atom is -0.492 e. The number of carbonyl (C=O) groups is 1. The SMILES string of the molecule is Cc1cccc(C(C)C)c1NC(=O)N(C)CCOc1ccccc1. The van der Waals surface area contributed by atoms with Crippen LogP contribution in [0, 0.1) is 6.92 Å². The first-order valence-corrected chi connectivity index (χ1v) is 8.28. The zero-order chi connectivity index (χ0) is 17.5. The quantitative estimate of drug-likeness (QED) is 0.838. The number of hydrogen-bond acceptors (Lipinski definition) is 2. The molecule has 2 aromatic rings. The number of nitrogens with one attached hydrogen (secondary N) is 1. The van der Waals surface area contributed by atoms with E-state index in [2.05, 4.69) is 25.2 Å². The molecule has 128 valence electrons. The molecule has 0 aromatic heterocycles. The summed E-state index contributed by atoms with van der Waals surface area (Å²) >= 11 is 0. The number of carbonyl (C=O) groups excluding carboxylic acids is 1. The van der Waals surface area contributed by atoms with Crippen LogP contribution in [0.2, 0.25) is 0 Å². The maximum Gasteiger partial charge on any atom is 0.321 e. The number of urea groups is 1. The van der Waals surface area contributed by atoms with Gasteiger partial charge in [0.15, 0.2) is 0 Å². The number of para-hydroxylation sites is 2. The average molecular weight is 326 g/mol. The fourth-order valence-corrected chi connectivity index (χ4v) is 2.46. The lowest BCUT2D eigenvalue weighted by atomic mass is 9.98. The van der Waals surface area contributed by atoms with E-state index in [0.717, 1.165) is 22.6 Å². The molecule has 0 heterocycles. The normalized spacial score (nSPS) is 10.5. The average Bonchev–Trinajstić information content (AvgIpc) is 2.57. The molecule has 4 nitrogen and oxygen atoms in total. The third-order valence-electron chi connectivity index (χ3n) is 3.94. The van der Waals surface area contributed by atoms with Crippen molar-refractivity contribution in [2.75, 3.05) is 25.5 Å². The van der Waals surface area contributed by atoms with Crippen molar-refractivity contribution < 1.29 is 9.53 Å². The third kappa shape index (κ3) is 4.75. The zero-order valence-corrected chi connectivity index (χ0v) is 14.9. The van der Waals surface area contributed by atoms with Gasteiger partial charge in [0.05, 0.1) is 6.54 Å². The van der Waals surface area contributed by atoms with Gasteiger partial charge in [-0.1, -0.05) is 50.2 Å². The van der Waals surface area contributed by atoms with Crippen molar-refractivity contribution in [3.05, 3.63) is 59.7 Å². The highest BCUT2D eigenvalue weighted by Crippen LogP contribution is 2.27. The summed E-state index contributed by atoms with van der Waals surface area (Å²) in [6.45, 7) is 7.24. The summed E-state index contributed by atoms with van der Waals surface area (Å²) in [5, 5.41) is 3.04. The predicted octanol–water partition coefficient (Wildman–Crippen LogP) is 4.66. The number of benzene rings is 2. The molecular weight excluding hydrogens is 300 g/mol. The zero-order valence-electron chi connectivity index (χ0n) is 14.9. The molecule has 2 rings (SSSR count). The molecule has 0 aliphatic heterocycles. The summed E-state index contributed by atoms with van der Waals surface area (Å²) in [5.74, 6) is 1.17. The van der Waals surface area contributed by atoms with E-state index in [-0.39, 0.29) is 6.03 Å². The van der Waals surface area contributed by atoms with Crippen LogP contribution in [0.5, 0.6) is 5.75 Å². The second kappa shape index (κ2) is 8.39. The lowest BCUT2D eigenvalue weighted by Crippen LogP contribution is -2.35. The van der Waals surface area contributed by atoms with Gasteiger partial charge in [0, 0.05) is 12.7 Å². The van der Waals surface area contributed by atoms with E-state index in [1.165, 1.54) is 0 Å². The van der Waals surface area contributed by atoms with E-state index in [0.29, 0.717) is 19.1 Å².